The highest BCUT2D eigenvalue weighted by Gasteiger charge is 2.43. The van der Waals surface area contributed by atoms with Gasteiger partial charge in [-0.3, -0.25) is 4.79 Å². The number of sulfonamides is 1. The maximum Gasteiger partial charge on any atom is 0.284 e. The maximum absolute atomic E-state index is 12.8. The Morgan fingerprint density at radius 3 is 2.79 bits per heavy atom. The van der Waals surface area contributed by atoms with E-state index >= 15 is 0 Å². The van der Waals surface area contributed by atoms with Gasteiger partial charge in [0.1, 0.15) is 5.84 Å². The maximum atomic E-state index is 12.8. The Morgan fingerprint density at radius 1 is 1.18 bits per heavy atom. The number of carbonyl (C=O) groups is 1. The van der Waals surface area contributed by atoms with E-state index < -0.39 is 10.0 Å². The zero-order valence-corrected chi connectivity index (χ0v) is 17.2. The number of likely N-dealkylation sites (tertiary alicyclic amines) is 1. The summed E-state index contributed by atoms with van der Waals surface area (Å²) in [4.78, 5) is 14.7. The SMILES string of the molecule is CN1CCCCC/C1=N/S(=O)(=O)c1cccc(NC(=O)C2CC3CCC2C3)c1. The van der Waals surface area contributed by atoms with E-state index in [1.807, 2.05) is 11.9 Å². The summed E-state index contributed by atoms with van der Waals surface area (Å²) in [7, 11) is -1.91. The van der Waals surface area contributed by atoms with Crippen LogP contribution in [0.1, 0.15) is 51.4 Å². The number of hydrogen-bond donors (Lipinski definition) is 1. The van der Waals surface area contributed by atoms with Gasteiger partial charge in [0.15, 0.2) is 0 Å². The first-order valence-electron chi connectivity index (χ1n) is 10.4. The molecule has 1 aliphatic heterocycles. The molecule has 1 aromatic carbocycles. The number of hydrogen-bond acceptors (Lipinski definition) is 3. The first kappa shape index (κ1) is 19.4. The normalized spacial score (nSPS) is 29.1. The Labute approximate surface area is 167 Å². The van der Waals surface area contributed by atoms with Crippen LogP contribution >= 0.6 is 0 Å². The fourth-order valence-electron chi connectivity index (χ4n) is 4.97. The molecule has 2 bridgehead atoms. The van der Waals surface area contributed by atoms with E-state index in [1.165, 1.54) is 12.5 Å². The number of benzene rings is 1. The minimum atomic E-state index is -3.80. The number of anilines is 1. The minimum Gasteiger partial charge on any atom is -0.362 e. The van der Waals surface area contributed by atoms with Gasteiger partial charge in [-0.15, -0.1) is 4.40 Å². The van der Waals surface area contributed by atoms with E-state index in [2.05, 4.69) is 9.71 Å². The van der Waals surface area contributed by atoms with E-state index in [0.29, 0.717) is 29.8 Å². The van der Waals surface area contributed by atoms with Crippen molar-refractivity contribution in [2.75, 3.05) is 18.9 Å². The molecule has 3 unspecified atom stereocenters. The van der Waals surface area contributed by atoms with Gasteiger partial charge in [-0.2, -0.15) is 8.42 Å². The van der Waals surface area contributed by atoms with Crippen molar-refractivity contribution >= 4 is 27.5 Å². The minimum absolute atomic E-state index is 0.0246. The third-order valence-corrected chi connectivity index (χ3v) is 7.84. The molecule has 0 aromatic heterocycles. The Bertz CT molecular complexity index is 881. The average Bonchev–Trinajstić information content (AvgIpc) is 3.25. The molecule has 3 fully saturated rings. The average molecular weight is 404 g/mol. The lowest BCUT2D eigenvalue weighted by Gasteiger charge is -2.21. The summed E-state index contributed by atoms with van der Waals surface area (Å²) >= 11 is 0. The van der Waals surface area contributed by atoms with E-state index in [4.69, 9.17) is 0 Å². The van der Waals surface area contributed by atoms with Gasteiger partial charge in [-0.1, -0.05) is 18.9 Å². The van der Waals surface area contributed by atoms with Crippen LogP contribution in [0.15, 0.2) is 33.6 Å². The van der Waals surface area contributed by atoms with E-state index in [1.54, 1.807) is 18.2 Å². The van der Waals surface area contributed by atoms with Crippen LogP contribution in [0.5, 0.6) is 0 Å². The highest BCUT2D eigenvalue weighted by atomic mass is 32.2. The highest BCUT2D eigenvalue weighted by molar-refractivity contribution is 7.90. The van der Waals surface area contributed by atoms with Gasteiger partial charge in [0.05, 0.1) is 4.90 Å². The van der Waals surface area contributed by atoms with Crippen LogP contribution in [0.25, 0.3) is 0 Å². The second-order valence-electron chi connectivity index (χ2n) is 8.51. The third-order valence-electron chi connectivity index (χ3n) is 6.53. The molecule has 0 spiro atoms. The summed E-state index contributed by atoms with van der Waals surface area (Å²) in [6.45, 7) is 0.827. The molecule has 0 radical (unpaired) electrons. The summed E-state index contributed by atoms with van der Waals surface area (Å²) in [6, 6.07) is 6.49. The van der Waals surface area contributed by atoms with Crippen molar-refractivity contribution in [3.63, 3.8) is 0 Å². The van der Waals surface area contributed by atoms with Gasteiger partial charge in [0.25, 0.3) is 10.0 Å². The van der Waals surface area contributed by atoms with Crippen molar-refractivity contribution in [1.29, 1.82) is 0 Å². The standard InChI is InChI=1S/C21H29N3O3S/c1-24-11-4-2-3-8-20(24)23-28(26,27)18-7-5-6-17(14-18)22-21(25)19-13-15-9-10-16(19)12-15/h5-7,14-16,19H,2-4,8-13H2,1H3,(H,22,25)/b23-20-. The second kappa shape index (κ2) is 7.85. The van der Waals surface area contributed by atoms with Gasteiger partial charge in [0, 0.05) is 31.6 Å². The number of amidine groups is 1. The van der Waals surface area contributed by atoms with Gasteiger partial charge in [0.2, 0.25) is 5.91 Å². The fourth-order valence-corrected chi connectivity index (χ4v) is 6.11. The van der Waals surface area contributed by atoms with Crippen LogP contribution in [0.2, 0.25) is 0 Å². The second-order valence-corrected chi connectivity index (χ2v) is 10.1. The molecule has 1 N–H and O–H groups in total. The quantitative estimate of drug-likeness (QED) is 0.832. The van der Waals surface area contributed by atoms with E-state index in [-0.39, 0.29) is 16.7 Å². The van der Waals surface area contributed by atoms with Crippen LogP contribution in [-0.4, -0.2) is 38.7 Å². The molecule has 2 aliphatic carbocycles. The number of amides is 1. The van der Waals surface area contributed by atoms with Crippen LogP contribution < -0.4 is 5.32 Å². The van der Waals surface area contributed by atoms with Crippen LogP contribution in [0, 0.1) is 17.8 Å². The molecule has 6 nitrogen and oxygen atoms in total. The van der Waals surface area contributed by atoms with Gasteiger partial charge in [-0.05, 0) is 62.1 Å². The third kappa shape index (κ3) is 4.09. The van der Waals surface area contributed by atoms with Gasteiger partial charge >= 0.3 is 0 Å². The predicted octanol–water partition coefficient (Wildman–Crippen LogP) is 3.65. The predicted molar refractivity (Wildman–Crippen MR) is 110 cm³/mol. The van der Waals surface area contributed by atoms with Crippen molar-refractivity contribution in [3.8, 4) is 0 Å². The number of rotatable bonds is 4. The largest absolute Gasteiger partial charge is 0.362 e. The van der Waals surface area contributed by atoms with Crippen LogP contribution in [0.3, 0.4) is 0 Å². The number of nitrogens with zero attached hydrogens (tertiary/aromatic N) is 2. The van der Waals surface area contributed by atoms with E-state index in [0.717, 1.165) is 45.1 Å². The number of fused-ring (bicyclic) bond motifs is 2. The molecule has 3 atom stereocenters. The summed E-state index contributed by atoms with van der Waals surface area (Å²) < 4.78 is 29.8. The number of carbonyl (C=O) groups excluding carboxylic acids is 1. The van der Waals surface area contributed by atoms with Crippen LogP contribution in [0.4, 0.5) is 5.69 Å². The molecule has 1 heterocycles. The lowest BCUT2D eigenvalue weighted by molar-refractivity contribution is -0.121. The Kier molecular flexibility index (Phi) is 5.45. The van der Waals surface area contributed by atoms with Crippen LogP contribution in [-0.2, 0) is 14.8 Å². The molecule has 4 rings (SSSR count). The molecule has 28 heavy (non-hydrogen) atoms. The zero-order valence-electron chi connectivity index (χ0n) is 16.4. The summed E-state index contributed by atoms with van der Waals surface area (Å²) in [5, 5.41) is 2.94. The first-order valence-corrected chi connectivity index (χ1v) is 11.8. The van der Waals surface area contributed by atoms with Crippen molar-refractivity contribution in [1.82, 2.24) is 4.90 Å². The molecular formula is C21H29N3O3S. The topological polar surface area (TPSA) is 78.8 Å². The molecule has 1 amide bonds. The van der Waals surface area contributed by atoms with Crippen molar-refractivity contribution in [3.05, 3.63) is 24.3 Å². The molecule has 2 saturated carbocycles. The molecule has 3 aliphatic rings. The van der Waals surface area contributed by atoms with Gasteiger partial charge < -0.3 is 10.2 Å². The van der Waals surface area contributed by atoms with E-state index in [9.17, 15) is 13.2 Å². The number of nitrogens with one attached hydrogen (secondary N) is 1. The van der Waals surface area contributed by atoms with Gasteiger partial charge in [-0.25, -0.2) is 0 Å². The van der Waals surface area contributed by atoms with Crippen molar-refractivity contribution in [2.45, 2.75) is 56.3 Å². The first-order chi connectivity index (χ1) is 13.4. The summed E-state index contributed by atoms with van der Waals surface area (Å²) in [5.74, 6) is 1.90. The summed E-state index contributed by atoms with van der Waals surface area (Å²) in [6.07, 6.45) is 8.30. The van der Waals surface area contributed by atoms with Crippen molar-refractivity contribution < 1.29 is 13.2 Å². The highest BCUT2D eigenvalue weighted by Crippen LogP contribution is 2.48. The molecule has 1 aromatic rings. The lowest BCUT2D eigenvalue weighted by atomic mass is 9.88. The Hall–Kier alpha value is -1.89. The smallest absolute Gasteiger partial charge is 0.284 e. The lowest BCUT2D eigenvalue weighted by Crippen LogP contribution is -2.27. The molecule has 1 saturated heterocycles. The molecular weight excluding hydrogens is 374 g/mol. The monoisotopic (exact) mass is 403 g/mol. The van der Waals surface area contributed by atoms with Crippen molar-refractivity contribution in [2.24, 2.45) is 22.2 Å². The Balaban J connectivity index is 1.50. The molecule has 7 heteroatoms. The fraction of sp³-hybridized carbons (Fsp3) is 0.619. The summed E-state index contributed by atoms with van der Waals surface area (Å²) in [5.41, 5.74) is 0.531. The Morgan fingerprint density at radius 2 is 2.04 bits per heavy atom. The molecule has 152 valence electrons. The zero-order chi connectivity index (χ0) is 19.7.